The van der Waals surface area contributed by atoms with Crippen molar-refractivity contribution in [1.29, 1.82) is 0 Å². The molecule has 0 fully saturated rings. The molecule has 2 aromatic heterocycles. The summed E-state index contributed by atoms with van der Waals surface area (Å²) < 4.78 is 7.44. The first-order valence-electron chi connectivity index (χ1n) is 8.95. The lowest BCUT2D eigenvalue weighted by atomic mass is 10.2. The standard InChI is InChI=1S/C21H17ClN6O2/c1-28-12-14(10-25-28)18-11-24-19(23)21(27-18)30-15-8-6-13(7-9-15)20(29)26-17-5-3-2-4-16(17)22/h2-12H,1H3,(H2,23,24)(H,26,29). The molecular weight excluding hydrogens is 404 g/mol. The van der Waals surface area contributed by atoms with Gasteiger partial charge in [-0.05, 0) is 36.4 Å². The van der Waals surface area contributed by atoms with Crippen molar-refractivity contribution in [2.75, 3.05) is 11.1 Å². The minimum absolute atomic E-state index is 0.156. The first-order chi connectivity index (χ1) is 14.5. The van der Waals surface area contributed by atoms with Crippen molar-refractivity contribution in [2.24, 2.45) is 7.05 Å². The van der Waals surface area contributed by atoms with Crippen molar-refractivity contribution in [3.63, 3.8) is 0 Å². The topological polar surface area (TPSA) is 108 Å². The third kappa shape index (κ3) is 4.23. The number of hydrogen-bond donors (Lipinski definition) is 2. The van der Waals surface area contributed by atoms with Crippen LogP contribution in [-0.2, 0) is 7.05 Å². The van der Waals surface area contributed by atoms with E-state index in [1.165, 1.54) is 0 Å². The van der Waals surface area contributed by atoms with Crippen LogP contribution in [0, 0.1) is 0 Å². The maximum atomic E-state index is 12.4. The number of nitrogens with two attached hydrogens (primary N) is 1. The highest BCUT2D eigenvalue weighted by Crippen LogP contribution is 2.27. The second kappa shape index (κ2) is 8.22. The van der Waals surface area contributed by atoms with Crippen LogP contribution in [0.1, 0.15) is 10.4 Å². The number of halogens is 1. The summed E-state index contributed by atoms with van der Waals surface area (Å²) in [6, 6.07) is 13.6. The highest BCUT2D eigenvalue weighted by molar-refractivity contribution is 6.33. The van der Waals surface area contributed by atoms with Gasteiger partial charge in [0, 0.05) is 24.4 Å². The molecule has 4 rings (SSSR count). The molecule has 0 aliphatic carbocycles. The van der Waals surface area contributed by atoms with Gasteiger partial charge in [-0.2, -0.15) is 5.10 Å². The van der Waals surface area contributed by atoms with Crippen LogP contribution in [-0.4, -0.2) is 25.7 Å². The van der Waals surface area contributed by atoms with E-state index in [2.05, 4.69) is 20.4 Å². The molecule has 2 aromatic carbocycles. The van der Waals surface area contributed by atoms with Crippen LogP contribution in [0.15, 0.2) is 67.1 Å². The van der Waals surface area contributed by atoms with Crippen molar-refractivity contribution in [1.82, 2.24) is 19.7 Å². The van der Waals surface area contributed by atoms with E-state index in [9.17, 15) is 4.79 Å². The minimum Gasteiger partial charge on any atom is -0.436 e. The number of nitrogens with zero attached hydrogens (tertiary/aromatic N) is 4. The monoisotopic (exact) mass is 420 g/mol. The quantitative estimate of drug-likeness (QED) is 0.502. The van der Waals surface area contributed by atoms with Gasteiger partial charge >= 0.3 is 0 Å². The van der Waals surface area contributed by atoms with E-state index in [4.69, 9.17) is 22.1 Å². The van der Waals surface area contributed by atoms with Gasteiger partial charge in [0.15, 0.2) is 5.82 Å². The molecule has 1 amide bonds. The summed E-state index contributed by atoms with van der Waals surface area (Å²) in [5, 5.41) is 7.36. The lowest BCUT2D eigenvalue weighted by Gasteiger charge is -2.09. The number of para-hydroxylation sites is 1. The summed E-state index contributed by atoms with van der Waals surface area (Å²) in [6.45, 7) is 0. The molecule has 8 nitrogen and oxygen atoms in total. The van der Waals surface area contributed by atoms with E-state index in [-0.39, 0.29) is 17.6 Å². The normalized spacial score (nSPS) is 10.6. The number of benzene rings is 2. The summed E-state index contributed by atoms with van der Waals surface area (Å²) >= 11 is 6.08. The predicted octanol–water partition coefficient (Wildman–Crippen LogP) is 4.16. The number of ether oxygens (including phenoxy) is 1. The van der Waals surface area contributed by atoms with Gasteiger partial charge < -0.3 is 15.8 Å². The van der Waals surface area contributed by atoms with Crippen LogP contribution in [0.5, 0.6) is 11.6 Å². The number of anilines is 2. The van der Waals surface area contributed by atoms with Gasteiger partial charge in [0.1, 0.15) is 5.75 Å². The van der Waals surface area contributed by atoms with Crippen LogP contribution in [0.2, 0.25) is 5.02 Å². The minimum atomic E-state index is -0.285. The molecule has 0 aliphatic rings. The number of amides is 1. The Kier molecular flexibility index (Phi) is 5.32. The lowest BCUT2D eigenvalue weighted by Crippen LogP contribution is -2.12. The number of hydrogen-bond acceptors (Lipinski definition) is 6. The highest BCUT2D eigenvalue weighted by Gasteiger charge is 2.12. The Bertz CT molecular complexity index is 1210. The summed E-state index contributed by atoms with van der Waals surface area (Å²) in [6.07, 6.45) is 5.05. The molecular formula is C21H17ClN6O2. The van der Waals surface area contributed by atoms with E-state index >= 15 is 0 Å². The maximum absolute atomic E-state index is 12.4. The Balaban J connectivity index is 1.50. The van der Waals surface area contributed by atoms with E-state index in [0.717, 1.165) is 5.56 Å². The van der Waals surface area contributed by atoms with E-state index in [1.807, 2.05) is 13.2 Å². The zero-order valence-corrected chi connectivity index (χ0v) is 16.7. The van der Waals surface area contributed by atoms with Crippen molar-refractivity contribution >= 4 is 29.0 Å². The number of aryl methyl sites for hydroxylation is 1. The average molecular weight is 421 g/mol. The molecule has 150 valence electrons. The Morgan fingerprint density at radius 3 is 2.60 bits per heavy atom. The molecule has 0 saturated heterocycles. The second-order valence-corrected chi connectivity index (χ2v) is 6.82. The number of rotatable bonds is 5. The largest absolute Gasteiger partial charge is 0.436 e. The Morgan fingerprint density at radius 1 is 1.13 bits per heavy atom. The molecule has 0 unspecified atom stereocenters. The Labute approximate surface area is 177 Å². The predicted molar refractivity (Wildman–Crippen MR) is 115 cm³/mol. The van der Waals surface area contributed by atoms with Crippen molar-refractivity contribution in [3.05, 3.63) is 77.7 Å². The van der Waals surface area contributed by atoms with Gasteiger partial charge in [0.05, 0.1) is 28.8 Å². The van der Waals surface area contributed by atoms with Crippen molar-refractivity contribution in [3.8, 4) is 22.9 Å². The van der Waals surface area contributed by atoms with Gasteiger partial charge in [-0.15, -0.1) is 0 Å². The van der Waals surface area contributed by atoms with Crippen molar-refractivity contribution in [2.45, 2.75) is 0 Å². The lowest BCUT2D eigenvalue weighted by molar-refractivity contribution is 0.102. The van der Waals surface area contributed by atoms with Crippen LogP contribution in [0.25, 0.3) is 11.3 Å². The molecule has 2 heterocycles. The summed E-state index contributed by atoms with van der Waals surface area (Å²) in [4.78, 5) is 21.0. The van der Waals surface area contributed by atoms with Gasteiger partial charge in [0.2, 0.25) is 0 Å². The number of nitrogens with one attached hydrogen (secondary N) is 1. The Hall–Kier alpha value is -3.91. The average Bonchev–Trinajstić information content (AvgIpc) is 3.18. The van der Waals surface area contributed by atoms with Gasteiger partial charge in [-0.1, -0.05) is 23.7 Å². The molecule has 4 aromatic rings. The van der Waals surface area contributed by atoms with Crippen LogP contribution < -0.4 is 15.8 Å². The van der Waals surface area contributed by atoms with Crippen LogP contribution >= 0.6 is 11.6 Å². The second-order valence-electron chi connectivity index (χ2n) is 6.41. The summed E-state index contributed by atoms with van der Waals surface area (Å²) in [7, 11) is 1.81. The van der Waals surface area contributed by atoms with Crippen molar-refractivity contribution < 1.29 is 9.53 Å². The molecule has 30 heavy (non-hydrogen) atoms. The molecule has 0 saturated carbocycles. The SMILES string of the molecule is Cn1cc(-c2cnc(N)c(Oc3ccc(C(=O)Nc4ccccc4Cl)cc3)n2)cn1. The van der Waals surface area contributed by atoms with Gasteiger partial charge in [-0.25, -0.2) is 9.97 Å². The van der Waals surface area contributed by atoms with Gasteiger partial charge in [0.25, 0.3) is 11.8 Å². The molecule has 0 aliphatic heterocycles. The van der Waals surface area contributed by atoms with Crippen LogP contribution in [0.4, 0.5) is 11.5 Å². The fourth-order valence-corrected chi connectivity index (χ4v) is 2.88. The van der Waals surface area contributed by atoms with Crippen LogP contribution in [0.3, 0.4) is 0 Å². The van der Waals surface area contributed by atoms with E-state index < -0.39 is 0 Å². The third-order valence-electron chi connectivity index (χ3n) is 4.22. The molecule has 9 heteroatoms. The highest BCUT2D eigenvalue weighted by atomic mass is 35.5. The molecule has 0 atom stereocenters. The summed E-state index contributed by atoms with van der Waals surface area (Å²) in [5.74, 6) is 0.508. The zero-order chi connectivity index (χ0) is 21.1. The summed E-state index contributed by atoms with van der Waals surface area (Å²) in [5.41, 5.74) is 8.27. The number of carbonyl (C=O) groups is 1. The fraction of sp³-hybridized carbons (Fsp3) is 0.0476. The molecule has 0 radical (unpaired) electrons. The smallest absolute Gasteiger partial charge is 0.263 e. The van der Waals surface area contributed by atoms with E-state index in [0.29, 0.717) is 27.7 Å². The number of nitrogen functional groups attached to an aromatic ring is 1. The number of carbonyl (C=O) groups excluding carboxylic acids is 1. The zero-order valence-electron chi connectivity index (χ0n) is 15.9. The molecule has 3 N–H and O–H groups in total. The fourth-order valence-electron chi connectivity index (χ4n) is 2.69. The van der Waals surface area contributed by atoms with E-state index in [1.54, 1.807) is 65.6 Å². The first-order valence-corrected chi connectivity index (χ1v) is 9.33. The molecule has 0 spiro atoms. The number of aromatic nitrogens is 4. The maximum Gasteiger partial charge on any atom is 0.263 e. The first kappa shape index (κ1) is 19.4. The van der Waals surface area contributed by atoms with Gasteiger partial charge in [-0.3, -0.25) is 9.48 Å². The third-order valence-corrected chi connectivity index (χ3v) is 4.55. The Morgan fingerprint density at radius 2 is 1.90 bits per heavy atom. The molecule has 0 bridgehead atoms.